The Bertz CT molecular complexity index is 597. The molecule has 3 rings (SSSR count). The maximum absolute atomic E-state index is 13.9. The van der Waals surface area contributed by atoms with Gasteiger partial charge in [0, 0.05) is 10.5 Å². The molecule has 0 aromatic heterocycles. The van der Waals surface area contributed by atoms with Gasteiger partial charge >= 0.3 is 0 Å². The molecule has 19 heavy (non-hydrogen) atoms. The van der Waals surface area contributed by atoms with Crippen LogP contribution in [0.4, 0.5) is 4.39 Å². The minimum absolute atomic E-state index is 0.131. The number of halogens is 2. The van der Waals surface area contributed by atoms with Gasteiger partial charge in [0.05, 0.1) is 0 Å². The average Bonchev–Trinajstić information content (AvgIpc) is 2.43. The Labute approximate surface area is 121 Å². The zero-order chi connectivity index (χ0) is 13.2. The number of rotatable bonds is 2. The van der Waals surface area contributed by atoms with Gasteiger partial charge in [-0.15, -0.1) is 0 Å². The maximum Gasteiger partial charge on any atom is 0.126 e. The van der Waals surface area contributed by atoms with E-state index >= 15 is 0 Å². The minimum Gasteiger partial charge on any atom is -0.309 e. The first-order valence-corrected chi connectivity index (χ1v) is 7.28. The van der Waals surface area contributed by atoms with Gasteiger partial charge < -0.3 is 5.32 Å². The van der Waals surface area contributed by atoms with Crippen LogP contribution < -0.4 is 5.32 Å². The van der Waals surface area contributed by atoms with Gasteiger partial charge in [-0.1, -0.05) is 40.2 Å². The number of hydrogen-bond acceptors (Lipinski definition) is 1. The van der Waals surface area contributed by atoms with E-state index in [1.165, 1.54) is 17.2 Å². The highest BCUT2D eigenvalue weighted by molar-refractivity contribution is 9.10. The van der Waals surface area contributed by atoms with Crippen LogP contribution in [-0.4, -0.2) is 6.54 Å². The number of benzene rings is 2. The highest BCUT2D eigenvalue weighted by Crippen LogP contribution is 2.27. The van der Waals surface area contributed by atoms with Crippen molar-refractivity contribution in [1.29, 1.82) is 0 Å². The highest BCUT2D eigenvalue weighted by atomic mass is 79.9. The van der Waals surface area contributed by atoms with Crippen LogP contribution in [0.2, 0.25) is 0 Å². The molecule has 1 unspecified atom stereocenters. The Kier molecular flexibility index (Phi) is 3.67. The molecule has 0 aliphatic carbocycles. The first-order valence-electron chi connectivity index (χ1n) is 6.49. The van der Waals surface area contributed by atoms with Crippen molar-refractivity contribution in [1.82, 2.24) is 5.32 Å². The molecular weight excluding hydrogens is 305 g/mol. The molecule has 0 fully saturated rings. The lowest BCUT2D eigenvalue weighted by molar-refractivity contribution is 0.490. The monoisotopic (exact) mass is 319 g/mol. The number of nitrogens with one attached hydrogen (secondary N) is 1. The summed E-state index contributed by atoms with van der Waals surface area (Å²) in [7, 11) is 0. The Morgan fingerprint density at radius 2 is 2.05 bits per heavy atom. The van der Waals surface area contributed by atoms with Gasteiger partial charge in [-0.25, -0.2) is 4.39 Å². The zero-order valence-electron chi connectivity index (χ0n) is 10.5. The molecule has 0 saturated heterocycles. The first kappa shape index (κ1) is 12.8. The third-order valence-corrected chi connectivity index (χ3v) is 4.14. The second kappa shape index (κ2) is 5.43. The molecule has 2 aromatic carbocycles. The van der Waals surface area contributed by atoms with Crippen molar-refractivity contribution < 1.29 is 4.39 Å². The smallest absolute Gasteiger partial charge is 0.126 e. The molecule has 0 saturated carbocycles. The number of hydrogen-bond donors (Lipinski definition) is 1. The Morgan fingerprint density at radius 3 is 2.95 bits per heavy atom. The topological polar surface area (TPSA) is 12.0 Å². The molecule has 2 aromatic rings. The van der Waals surface area contributed by atoms with Crippen molar-refractivity contribution in [3.63, 3.8) is 0 Å². The first-order chi connectivity index (χ1) is 9.24. The molecule has 1 atom stereocenters. The molecule has 1 nitrogen and oxygen atoms in total. The molecule has 1 aliphatic rings. The summed E-state index contributed by atoms with van der Waals surface area (Å²) in [6.45, 7) is 0.956. The molecule has 1 N–H and O–H groups in total. The summed E-state index contributed by atoms with van der Waals surface area (Å²) < 4.78 is 14.8. The molecular formula is C16H15BrFN. The predicted molar refractivity (Wildman–Crippen MR) is 78.7 cm³/mol. The average molecular weight is 320 g/mol. The molecule has 0 bridgehead atoms. The summed E-state index contributed by atoms with van der Waals surface area (Å²) in [5.74, 6) is -0.131. The number of fused-ring (bicyclic) bond motifs is 1. The zero-order valence-corrected chi connectivity index (χ0v) is 12.1. The lowest BCUT2D eigenvalue weighted by atomic mass is 9.90. The maximum atomic E-state index is 13.9. The van der Waals surface area contributed by atoms with Gasteiger partial charge in [0.15, 0.2) is 0 Å². The van der Waals surface area contributed by atoms with Crippen molar-refractivity contribution in [2.45, 2.75) is 18.9 Å². The standard InChI is InChI=1S/C16H15BrFN/c17-13-5-6-15(18)12(9-13)10-16-14-4-2-1-3-11(14)7-8-19-16/h1-6,9,16,19H,7-8,10H2. The summed E-state index contributed by atoms with van der Waals surface area (Å²) in [6.07, 6.45) is 1.73. The van der Waals surface area contributed by atoms with Gasteiger partial charge in [-0.2, -0.15) is 0 Å². The van der Waals surface area contributed by atoms with Crippen LogP contribution >= 0.6 is 15.9 Å². The Balaban J connectivity index is 1.90. The van der Waals surface area contributed by atoms with E-state index in [4.69, 9.17) is 0 Å². The Hall–Kier alpha value is -1.19. The van der Waals surface area contributed by atoms with Crippen LogP contribution in [0.1, 0.15) is 22.7 Å². The predicted octanol–water partition coefficient (Wildman–Crippen LogP) is 4.02. The quantitative estimate of drug-likeness (QED) is 0.881. The fourth-order valence-corrected chi connectivity index (χ4v) is 3.10. The fourth-order valence-electron chi connectivity index (χ4n) is 2.69. The van der Waals surface area contributed by atoms with E-state index in [0.29, 0.717) is 6.42 Å². The second-order valence-electron chi connectivity index (χ2n) is 4.90. The molecule has 0 radical (unpaired) electrons. The highest BCUT2D eigenvalue weighted by Gasteiger charge is 2.20. The SMILES string of the molecule is Fc1ccc(Br)cc1CC1NCCc2ccccc21. The van der Waals surface area contributed by atoms with Crippen LogP contribution in [0.3, 0.4) is 0 Å². The van der Waals surface area contributed by atoms with E-state index in [9.17, 15) is 4.39 Å². The summed E-state index contributed by atoms with van der Waals surface area (Å²) in [6, 6.07) is 13.8. The summed E-state index contributed by atoms with van der Waals surface area (Å²) in [4.78, 5) is 0. The van der Waals surface area contributed by atoms with Gasteiger partial charge in [-0.3, -0.25) is 0 Å². The van der Waals surface area contributed by atoms with E-state index in [-0.39, 0.29) is 11.9 Å². The fraction of sp³-hybridized carbons (Fsp3) is 0.250. The lowest BCUT2D eigenvalue weighted by Gasteiger charge is -2.27. The van der Waals surface area contributed by atoms with Crippen LogP contribution in [0.15, 0.2) is 46.9 Å². The minimum atomic E-state index is -0.131. The van der Waals surface area contributed by atoms with Crippen LogP contribution in [0.5, 0.6) is 0 Å². The summed E-state index contributed by atoms with van der Waals surface area (Å²) in [5, 5.41) is 3.49. The van der Waals surface area contributed by atoms with Gasteiger partial charge in [0.25, 0.3) is 0 Å². The summed E-state index contributed by atoms with van der Waals surface area (Å²) >= 11 is 3.41. The largest absolute Gasteiger partial charge is 0.309 e. The lowest BCUT2D eigenvalue weighted by Crippen LogP contribution is -2.31. The van der Waals surface area contributed by atoms with Crippen molar-refractivity contribution in [3.05, 3.63) is 69.4 Å². The molecule has 0 spiro atoms. The van der Waals surface area contributed by atoms with Crippen molar-refractivity contribution in [2.24, 2.45) is 0 Å². The van der Waals surface area contributed by atoms with E-state index in [2.05, 4.69) is 45.5 Å². The van der Waals surface area contributed by atoms with Crippen LogP contribution in [0.25, 0.3) is 0 Å². The molecule has 0 amide bonds. The van der Waals surface area contributed by atoms with Crippen LogP contribution in [-0.2, 0) is 12.8 Å². The van der Waals surface area contributed by atoms with Crippen molar-refractivity contribution in [2.75, 3.05) is 6.54 Å². The molecule has 1 aliphatic heterocycles. The van der Waals surface area contributed by atoms with Gasteiger partial charge in [-0.05, 0) is 54.3 Å². The Morgan fingerprint density at radius 1 is 1.21 bits per heavy atom. The molecule has 1 heterocycles. The summed E-state index contributed by atoms with van der Waals surface area (Å²) in [5.41, 5.74) is 3.43. The molecule has 3 heteroatoms. The van der Waals surface area contributed by atoms with E-state index in [0.717, 1.165) is 23.0 Å². The van der Waals surface area contributed by atoms with Crippen molar-refractivity contribution >= 4 is 15.9 Å². The van der Waals surface area contributed by atoms with E-state index < -0.39 is 0 Å². The van der Waals surface area contributed by atoms with Gasteiger partial charge in [0.1, 0.15) is 5.82 Å². The van der Waals surface area contributed by atoms with Gasteiger partial charge in [0.2, 0.25) is 0 Å². The second-order valence-corrected chi connectivity index (χ2v) is 5.81. The third-order valence-electron chi connectivity index (χ3n) is 3.65. The third kappa shape index (κ3) is 2.72. The van der Waals surface area contributed by atoms with Crippen molar-refractivity contribution in [3.8, 4) is 0 Å². The van der Waals surface area contributed by atoms with E-state index in [1.54, 1.807) is 6.07 Å². The molecule has 98 valence electrons. The normalized spacial score (nSPS) is 18.1. The van der Waals surface area contributed by atoms with Crippen LogP contribution in [0, 0.1) is 5.82 Å². The van der Waals surface area contributed by atoms with E-state index in [1.807, 2.05) is 6.07 Å².